The van der Waals surface area contributed by atoms with Crippen molar-refractivity contribution in [1.82, 2.24) is 25.5 Å². The van der Waals surface area contributed by atoms with Crippen molar-refractivity contribution in [3.05, 3.63) is 65.3 Å². The van der Waals surface area contributed by atoms with E-state index in [4.69, 9.17) is 20.4 Å². The third kappa shape index (κ3) is 8.19. The van der Waals surface area contributed by atoms with E-state index >= 15 is 8.78 Å². The van der Waals surface area contributed by atoms with Gasteiger partial charge in [0.2, 0.25) is 23.6 Å². The summed E-state index contributed by atoms with van der Waals surface area (Å²) in [5.41, 5.74) is 5.72. The third-order valence-electron chi connectivity index (χ3n) is 15.8. The zero-order valence-corrected chi connectivity index (χ0v) is 37.8. The lowest BCUT2D eigenvalue weighted by Crippen LogP contribution is -2.68. The van der Waals surface area contributed by atoms with E-state index in [0.29, 0.717) is 73.5 Å². The number of likely N-dealkylation sites (N-methyl/N-ethyl adjacent to an activating group) is 1. The van der Waals surface area contributed by atoms with Gasteiger partial charge in [0.15, 0.2) is 5.82 Å². The van der Waals surface area contributed by atoms with Gasteiger partial charge in [-0.1, -0.05) is 31.9 Å². The number of carbonyl (C=O) groups is 4. The first-order valence-corrected chi connectivity index (χ1v) is 23.6. The molecule has 5 heterocycles. The monoisotopic (exact) mass is 899 g/mol. The summed E-state index contributed by atoms with van der Waals surface area (Å²) >= 11 is 0. The van der Waals surface area contributed by atoms with Crippen LogP contribution in [-0.4, -0.2) is 120 Å². The van der Waals surface area contributed by atoms with Gasteiger partial charge in [0.1, 0.15) is 46.4 Å². The lowest BCUT2D eigenvalue weighted by molar-refractivity contribution is -0.134. The summed E-state index contributed by atoms with van der Waals surface area (Å²) in [6.45, 7) is 5.91. The molecule has 4 aliphatic heterocycles. The second kappa shape index (κ2) is 17.7. The lowest BCUT2D eigenvalue weighted by Gasteiger charge is -2.56. The van der Waals surface area contributed by atoms with Gasteiger partial charge in [-0.3, -0.25) is 24.5 Å². The number of anilines is 3. The summed E-state index contributed by atoms with van der Waals surface area (Å²) in [7, 11) is 3.30. The van der Waals surface area contributed by atoms with Crippen LogP contribution in [0.1, 0.15) is 114 Å². The van der Waals surface area contributed by atoms with Crippen LogP contribution in [-0.2, 0) is 23.9 Å². The smallest absolute Gasteiger partial charge is 0.249 e. The largest absolute Gasteiger partial charge is 0.500 e. The molecule has 3 saturated heterocycles. The number of allylic oxidation sites excluding steroid dienone is 2. The number of aromatic nitrogens is 2. The summed E-state index contributed by atoms with van der Waals surface area (Å²) in [6, 6.07) is 2.42. The molecule has 0 radical (unpaired) electrons. The number of methoxy groups -OCH3 is 1. The molecule has 2 aromatic rings. The molecule has 3 aliphatic carbocycles. The second-order valence-electron chi connectivity index (χ2n) is 19.9. The van der Waals surface area contributed by atoms with Gasteiger partial charge in [-0.25, -0.2) is 18.7 Å². The number of hydrogen-bond donors (Lipinski definition) is 4. The number of rotatable bonds is 12. The van der Waals surface area contributed by atoms with Crippen molar-refractivity contribution >= 4 is 40.8 Å². The zero-order valence-electron chi connectivity index (χ0n) is 37.8. The molecule has 4 atom stereocenters. The maximum absolute atomic E-state index is 15.3. The normalized spacial score (nSPS) is 31.0. The van der Waals surface area contributed by atoms with Gasteiger partial charge >= 0.3 is 0 Å². The van der Waals surface area contributed by atoms with Crippen LogP contribution in [0.2, 0.25) is 0 Å². The van der Waals surface area contributed by atoms with Crippen LogP contribution < -0.4 is 31.1 Å². The standard InChI is InChI=1S/C48H63F2N9O6/c1-4-35-44(63)56(2)36-24-52-41(54-42(36)59(35)30-8-5-6-9-30)40-37(65-3)10-7-15-48(40,51)45(64)55-47(17-21-60)26-46(27-47)16-20-57(28-46)25-29-13-18-58(19-14-29)31-22-33(49)39(34(50)23-31)32-11-12-38(61)53-43(32)62/h7,10,15,22-24,29-30,32,35,40,60H,4-6,8-9,11-14,16-21,25-28,51H2,1-3H3,(H,55,64)(H,53,61,62). The number of hydrogen-bond acceptors (Lipinski definition) is 12. The van der Waals surface area contributed by atoms with E-state index in [1.54, 1.807) is 43.5 Å². The molecule has 1 aromatic carbocycles. The Morgan fingerprint density at radius 3 is 2.45 bits per heavy atom. The fraction of sp³-hybridized carbons (Fsp3) is 0.625. The van der Waals surface area contributed by atoms with Crippen molar-refractivity contribution in [3.63, 3.8) is 0 Å². The first-order chi connectivity index (χ1) is 31.2. The Labute approximate surface area is 379 Å². The number of nitrogens with two attached hydrogens (primary N) is 1. The summed E-state index contributed by atoms with van der Waals surface area (Å²) in [6.07, 6.45) is 16.2. The number of halogens is 2. The predicted octanol–water partition coefficient (Wildman–Crippen LogP) is 4.30. The topological polar surface area (TPSA) is 187 Å². The molecular formula is C48H63F2N9O6. The second-order valence-corrected chi connectivity index (χ2v) is 19.9. The molecule has 65 heavy (non-hydrogen) atoms. The molecule has 17 heteroatoms. The molecule has 1 spiro atoms. The molecule has 5 N–H and O–H groups in total. The van der Waals surface area contributed by atoms with Crippen molar-refractivity contribution in [3.8, 4) is 0 Å². The Balaban J connectivity index is 0.848. The van der Waals surface area contributed by atoms with Crippen LogP contribution in [0.4, 0.5) is 26.0 Å². The lowest BCUT2D eigenvalue weighted by atomic mass is 9.55. The highest BCUT2D eigenvalue weighted by Gasteiger charge is 2.59. The number of piperidine rings is 2. The Hall–Kier alpha value is -5.00. The van der Waals surface area contributed by atoms with Crippen LogP contribution >= 0.6 is 0 Å². The molecule has 15 nitrogen and oxygen atoms in total. The van der Waals surface area contributed by atoms with E-state index in [2.05, 4.69) is 20.4 Å². The predicted molar refractivity (Wildman–Crippen MR) is 240 cm³/mol. The summed E-state index contributed by atoms with van der Waals surface area (Å²) in [5.74, 6) is -3.06. The van der Waals surface area contributed by atoms with Crippen molar-refractivity contribution < 1.29 is 37.8 Å². The highest BCUT2D eigenvalue weighted by molar-refractivity contribution is 6.04. The average molecular weight is 900 g/mol. The molecule has 7 aliphatic rings. The highest BCUT2D eigenvalue weighted by Crippen LogP contribution is 2.56. The molecule has 4 unspecified atom stereocenters. The molecule has 4 amide bonds. The van der Waals surface area contributed by atoms with Crippen LogP contribution in [0.3, 0.4) is 0 Å². The van der Waals surface area contributed by atoms with Gasteiger partial charge in [-0.05, 0) is 100 Å². The SMILES string of the molecule is CCC1C(=O)N(C)c2cnc(C3C(OC)=CC=CC3(N)C(=O)NC3(CCO)CC4(CCN(CC5CCN(c6cc(F)c(C7CCC(=O)NC7=O)c(F)c6)CC5)C4)C3)nc2N1C1CCCC1. The highest BCUT2D eigenvalue weighted by atomic mass is 19.1. The van der Waals surface area contributed by atoms with Crippen LogP contribution in [0.25, 0.3) is 0 Å². The minimum Gasteiger partial charge on any atom is -0.500 e. The first kappa shape index (κ1) is 45.2. The molecular weight excluding hydrogens is 837 g/mol. The van der Waals surface area contributed by atoms with Crippen LogP contribution in [0.5, 0.6) is 0 Å². The maximum Gasteiger partial charge on any atom is 0.249 e. The number of fused-ring (bicyclic) bond motifs is 1. The number of aliphatic hydroxyl groups is 1. The number of likely N-dealkylation sites (tertiary alicyclic amines) is 1. The average Bonchev–Trinajstić information content (AvgIpc) is 3.96. The minimum atomic E-state index is -1.62. The third-order valence-corrected chi connectivity index (χ3v) is 15.8. The number of nitrogens with one attached hydrogen (secondary N) is 2. The van der Waals surface area contributed by atoms with Gasteiger partial charge in [0.05, 0.1) is 19.2 Å². The van der Waals surface area contributed by atoms with E-state index in [1.807, 2.05) is 11.8 Å². The van der Waals surface area contributed by atoms with Crippen molar-refractivity contribution in [2.75, 3.05) is 68.2 Å². The van der Waals surface area contributed by atoms with Crippen molar-refractivity contribution in [1.29, 1.82) is 0 Å². The molecule has 350 valence electrons. The van der Waals surface area contributed by atoms with E-state index in [9.17, 15) is 24.3 Å². The molecule has 1 aromatic heterocycles. The minimum absolute atomic E-state index is 0.0132. The molecule has 9 rings (SSSR count). The summed E-state index contributed by atoms with van der Waals surface area (Å²) in [5, 5.41) is 15.9. The Morgan fingerprint density at radius 2 is 1.78 bits per heavy atom. The first-order valence-electron chi connectivity index (χ1n) is 23.6. The van der Waals surface area contributed by atoms with Gasteiger partial charge < -0.3 is 40.5 Å². The Morgan fingerprint density at radius 1 is 1.06 bits per heavy atom. The quantitative estimate of drug-likeness (QED) is 0.222. The summed E-state index contributed by atoms with van der Waals surface area (Å²) in [4.78, 5) is 70.5. The van der Waals surface area contributed by atoms with Crippen molar-refractivity contribution in [2.45, 2.75) is 125 Å². The van der Waals surface area contributed by atoms with Gasteiger partial charge in [-0.2, -0.15) is 0 Å². The number of aliphatic hydroxyl groups excluding tert-OH is 1. The maximum atomic E-state index is 15.3. The number of nitrogens with zero attached hydrogens (tertiary/aromatic N) is 6. The number of imide groups is 1. The van der Waals surface area contributed by atoms with Crippen LogP contribution in [0.15, 0.2) is 42.3 Å². The fourth-order valence-electron chi connectivity index (χ4n) is 12.5. The van der Waals surface area contributed by atoms with Crippen LogP contribution in [0, 0.1) is 23.0 Å². The summed E-state index contributed by atoms with van der Waals surface area (Å²) < 4.78 is 36.5. The molecule has 0 bridgehead atoms. The zero-order chi connectivity index (χ0) is 45.8. The Bertz CT molecular complexity index is 2250. The molecule has 2 saturated carbocycles. The van der Waals surface area contributed by atoms with E-state index in [1.165, 1.54) is 12.1 Å². The van der Waals surface area contributed by atoms with E-state index in [0.717, 1.165) is 64.6 Å². The number of ether oxygens (including phenoxy) is 1. The number of benzene rings is 1. The van der Waals surface area contributed by atoms with Crippen molar-refractivity contribution in [2.24, 2.45) is 17.1 Å². The number of amides is 4. The van der Waals surface area contributed by atoms with Gasteiger partial charge in [0, 0.05) is 69.1 Å². The fourth-order valence-corrected chi connectivity index (χ4v) is 12.5. The van der Waals surface area contributed by atoms with Gasteiger partial charge in [0.25, 0.3) is 0 Å². The van der Waals surface area contributed by atoms with E-state index < -0.39 is 52.3 Å². The van der Waals surface area contributed by atoms with E-state index in [-0.39, 0.29) is 48.4 Å². The number of carbonyl (C=O) groups excluding carboxylic acids is 4. The van der Waals surface area contributed by atoms with Gasteiger partial charge in [-0.15, -0.1) is 0 Å². The Kier molecular flexibility index (Phi) is 12.3. The molecule has 5 fully saturated rings.